The Kier molecular flexibility index (Phi) is 6.51. The average Bonchev–Trinajstić information content (AvgIpc) is 3.00. The molecule has 0 aromatic heterocycles. The van der Waals surface area contributed by atoms with Crippen LogP contribution in [0.2, 0.25) is 0 Å². The summed E-state index contributed by atoms with van der Waals surface area (Å²) in [6.07, 6.45) is 8.47. The molecule has 1 aliphatic heterocycles. The van der Waals surface area contributed by atoms with Gasteiger partial charge in [-0.1, -0.05) is 26.7 Å². The first-order valence-corrected chi connectivity index (χ1v) is 9.10. The summed E-state index contributed by atoms with van der Waals surface area (Å²) in [5.41, 5.74) is 0.542. The van der Waals surface area contributed by atoms with Gasteiger partial charge in [0.05, 0.1) is 0 Å². The Morgan fingerprint density at radius 2 is 1.95 bits per heavy atom. The van der Waals surface area contributed by atoms with Crippen molar-refractivity contribution in [2.45, 2.75) is 58.4 Å². The predicted molar refractivity (Wildman–Crippen MR) is 91.8 cm³/mol. The molecule has 1 saturated heterocycles. The third-order valence-corrected chi connectivity index (χ3v) is 5.52. The highest BCUT2D eigenvalue weighted by Gasteiger charge is 2.35. The van der Waals surface area contributed by atoms with E-state index in [1.807, 2.05) is 0 Å². The van der Waals surface area contributed by atoms with Gasteiger partial charge in [0.2, 0.25) is 0 Å². The Morgan fingerprint density at radius 1 is 1.24 bits per heavy atom. The number of likely N-dealkylation sites (N-methyl/N-ethyl adjacent to an activating group) is 2. The number of nitrogens with one attached hydrogen (secondary N) is 1. The Balaban J connectivity index is 1.80. The van der Waals surface area contributed by atoms with E-state index < -0.39 is 0 Å². The zero-order valence-electron chi connectivity index (χ0n) is 14.8. The average molecular weight is 296 g/mol. The SMILES string of the molecule is CC(C)CNCC1(CN(C)CC2CCCN2C)CCCC1. The molecule has 2 fully saturated rings. The normalized spacial score (nSPS) is 26.3. The van der Waals surface area contributed by atoms with E-state index in [1.54, 1.807) is 0 Å². The van der Waals surface area contributed by atoms with Crippen LogP contribution in [0.25, 0.3) is 0 Å². The number of likely N-dealkylation sites (tertiary alicyclic amines) is 1. The molecule has 21 heavy (non-hydrogen) atoms. The minimum Gasteiger partial charge on any atom is -0.316 e. The van der Waals surface area contributed by atoms with E-state index in [4.69, 9.17) is 0 Å². The molecule has 1 atom stereocenters. The van der Waals surface area contributed by atoms with E-state index in [2.05, 4.69) is 43.1 Å². The van der Waals surface area contributed by atoms with Crippen LogP contribution in [-0.2, 0) is 0 Å². The van der Waals surface area contributed by atoms with Crippen LogP contribution in [0, 0.1) is 11.3 Å². The molecule has 0 bridgehead atoms. The Morgan fingerprint density at radius 3 is 2.52 bits per heavy atom. The van der Waals surface area contributed by atoms with Crippen molar-refractivity contribution in [1.29, 1.82) is 0 Å². The first kappa shape index (κ1) is 17.2. The minimum absolute atomic E-state index is 0.542. The lowest BCUT2D eigenvalue weighted by atomic mass is 9.85. The maximum Gasteiger partial charge on any atom is 0.0220 e. The van der Waals surface area contributed by atoms with Gasteiger partial charge in [0.1, 0.15) is 0 Å². The second kappa shape index (κ2) is 7.94. The van der Waals surface area contributed by atoms with Crippen molar-refractivity contribution in [2.75, 3.05) is 46.8 Å². The third kappa shape index (κ3) is 5.22. The van der Waals surface area contributed by atoms with E-state index in [-0.39, 0.29) is 0 Å². The fourth-order valence-electron chi connectivity index (χ4n) is 4.35. The lowest BCUT2D eigenvalue weighted by Gasteiger charge is -2.36. The first-order chi connectivity index (χ1) is 10.0. The summed E-state index contributed by atoms with van der Waals surface area (Å²) in [5, 5.41) is 3.74. The topological polar surface area (TPSA) is 18.5 Å². The lowest BCUT2D eigenvalue weighted by molar-refractivity contribution is 0.142. The zero-order valence-corrected chi connectivity index (χ0v) is 14.8. The van der Waals surface area contributed by atoms with Gasteiger partial charge in [-0.3, -0.25) is 0 Å². The molecule has 124 valence electrons. The van der Waals surface area contributed by atoms with Crippen molar-refractivity contribution in [1.82, 2.24) is 15.1 Å². The molecule has 3 heteroatoms. The van der Waals surface area contributed by atoms with Crippen LogP contribution < -0.4 is 5.32 Å². The van der Waals surface area contributed by atoms with Gasteiger partial charge in [-0.2, -0.15) is 0 Å². The van der Waals surface area contributed by atoms with Crippen LogP contribution in [0.15, 0.2) is 0 Å². The van der Waals surface area contributed by atoms with Gasteiger partial charge in [-0.25, -0.2) is 0 Å². The monoisotopic (exact) mass is 295 g/mol. The van der Waals surface area contributed by atoms with Crippen molar-refractivity contribution < 1.29 is 0 Å². The maximum absolute atomic E-state index is 3.74. The smallest absolute Gasteiger partial charge is 0.0220 e. The summed E-state index contributed by atoms with van der Waals surface area (Å²) in [4.78, 5) is 5.17. The molecule has 2 aliphatic rings. The van der Waals surface area contributed by atoms with E-state index in [9.17, 15) is 0 Å². The molecule has 1 heterocycles. The summed E-state index contributed by atoms with van der Waals surface area (Å²) >= 11 is 0. The van der Waals surface area contributed by atoms with Crippen LogP contribution in [-0.4, -0.2) is 62.7 Å². The van der Waals surface area contributed by atoms with E-state index in [0.29, 0.717) is 5.41 Å². The van der Waals surface area contributed by atoms with Crippen LogP contribution in [0.3, 0.4) is 0 Å². The highest BCUT2D eigenvalue weighted by molar-refractivity contribution is 4.90. The van der Waals surface area contributed by atoms with Gasteiger partial charge in [0.25, 0.3) is 0 Å². The first-order valence-electron chi connectivity index (χ1n) is 9.10. The third-order valence-electron chi connectivity index (χ3n) is 5.52. The summed E-state index contributed by atoms with van der Waals surface area (Å²) < 4.78 is 0. The molecular formula is C18H37N3. The Labute approximate surface area is 132 Å². The quantitative estimate of drug-likeness (QED) is 0.743. The van der Waals surface area contributed by atoms with Crippen LogP contribution >= 0.6 is 0 Å². The molecule has 1 aliphatic carbocycles. The molecule has 0 radical (unpaired) electrons. The molecular weight excluding hydrogens is 258 g/mol. The Bertz CT molecular complexity index is 297. The van der Waals surface area contributed by atoms with E-state index in [1.165, 1.54) is 64.7 Å². The van der Waals surface area contributed by atoms with Crippen LogP contribution in [0.4, 0.5) is 0 Å². The molecule has 1 N–H and O–H groups in total. The number of hydrogen-bond donors (Lipinski definition) is 1. The Hall–Kier alpha value is -0.120. The van der Waals surface area contributed by atoms with E-state index >= 15 is 0 Å². The van der Waals surface area contributed by atoms with Gasteiger partial charge < -0.3 is 15.1 Å². The largest absolute Gasteiger partial charge is 0.316 e. The molecule has 0 aromatic carbocycles. The summed E-state index contributed by atoms with van der Waals surface area (Å²) in [5.74, 6) is 0.758. The van der Waals surface area contributed by atoms with Crippen molar-refractivity contribution in [3.8, 4) is 0 Å². The van der Waals surface area contributed by atoms with Crippen molar-refractivity contribution >= 4 is 0 Å². The standard InChI is InChI=1S/C18H37N3/c1-16(2)12-19-14-18(9-5-6-10-18)15-20(3)13-17-8-7-11-21(17)4/h16-17,19H,5-15H2,1-4H3. The summed E-state index contributed by atoms with van der Waals surface area (Å²) in [7, 11) is 4.63. The van der Waals surface area contributed by atoms with E-state index in [0.717, 1.165) is 18.5 Å². The fraction of sp³-hybridized carbons (Fsp3) is 1.00. The van der Waals surface area contributed by atoms with Gasteiger partial charge >= 0.3 is 0 Å². The fourth-order valence-corrected chi connectivity index (χ4v) is 4.35. The maximum atomic E-state index is 3.74. The van der Waals surface area contributed by atoms with Crippen molar-refractivity contribution in [2.24, 2.45) is 11.3 Å². The van der Waals surface area contributed by atoms with Gasteiger partial charge in [0.15, 0.2) is 0 Å². The van der Waals surface area contributed by atoms with Gasteiger partial charge in [-0.15, -0.1) is 0 Å². The van der Waals surface area contributed by atoms with Gasteiger partial charge in [-0.05, 0) is 64.2 Å². The minimum atomic E-state index is 0.542. The highest BCUT2D eigenvalue weighted by Crippen LogP contribution is 2.38. The number of rotatable bonds is 8. The molecule has 0 amide bonds. The molecule has 1 unspecified atom stereocenters. The highest BCUT2D eigenvalue weighted by atomic mass is 15.2. The zero-order chi connectivity index (χ0) is 15.3. The predicted octanol–water partition coefficient (Wildman–Crippen LogP) is 2.82. The van der Waals surface area contributed by atoms with Crippen molar-refractivity contribution in [3.63, 3.8) is 0 Å². The van der Waals surface area contributed by atoms with Crippen molar-refractivity contribution in [3.05, 3.63) is 0 Å². The molecule has 1 saturated carbocycles. The lowest BCUT2D eigenvalue weighted by Crippen LogP contribution is -2.45. The molecule has 2 rings (SSSR count). The van der Waals surface area contributed by atoms with Crippen LogP contribution in [0.1, 0.15) is 52.4 Å². The second-order valence-electron chi connectivity index (χ2n) is 8.21. The summed E-state index contributed by atoms with van der Waals surface area (Å²) in [6.45, 7) is 10.8. The molecule has 0 spiro atoms. The second-order valence-corrected chi connectivity index (χ2v) is 8.21. The number of hydrogen-bond acceptors (Lipinski definition) is 3. The molecule has 3 nitrogen and oxygen atoms in total. The van der Waals surface area contributed by atoms with Gasteiger partial charge in [0, 0.05) is 25.7 Å². The molecule has 0 aromatic rings. The summed E-state index contributed by atoms with van der Waals surface area (Å²) in [6, 6.07) is 0.789. The number of nitrogens with zero attached hydrogens (tertiary/aromatic N) is 2. The van der Waals surface area contributed by atoms with Crippen LogP contribution in [0.5, 0.6) is 0 Å².